The van der Waals surface area contributed by atoms with Gasteiger partial charge in [0.25, 0.3) is 11.6 Å². The maximum Gasteiger partial charge on any atom is 0.289 e. The number of nitrogens with zero attached hydrogens (tertiary/aromatic N) is 2. The molecule has 0 atom stereocenters. The van der Waals surface area contributed by atoms with Crippen LogP contribution in [0.5, 0.6) is 0 Å². The molecular weight excluding hydrogens is 450 g/mol. The highest BCUT2D eigenvalue weighted by atomic mass is 79.9. The molecule has 0 aliphatic carbocycles. The predicted octanol–water partition coefficient (Wildman–Crippen LogP) is 4.50. The van der Waals surface area contributed by atoms with Gasteiger partial charge < -0.3 is 10.2 Å². The molecule has 1 heterocycles. The molecule has 146 valence electrons. The van der Waals surface area contributed by atoms with E-state index in [1.54, 1.807) is 17.0 Å². The summed E-state index contributed by atoms with van der Waals surface area (Å²) in [7, 11) is 0. The van der Waals surface area contributed by atoms with Gasteiger partial charge in [0, 0.05) is 40.8 Å². The Labute approximate surface area is 174 Å². The molecule has 0 spiro atoms. The van der Waals surface area contributed by atoms with Gasteiger partial charge in [0.2, 0.25) is 5.91 Å². The Hall–Kier alpha value is -2.45. The molecule has 0 unspecified atom stereocenters. The molecule has 2 aromatic carbocycles. The Morgan fingerprint density at radius 1 is 1.14 bits per heavy atom. The molecule has 0 bridgehead atoms. The quantitative estimate of drug-likeness (QED) is 0.530. The molecule has 0 radical (unpaired) electrons. The van der Waals surface area contributed by atoms with E-state index < -0.39 is 4.92 Å². The number of carbonyl (C=O) groups excluding carboxylic acids is 2. The van der Waals surface area contributed by atoms with Crippen LogP contribution in [-0.2, 0) is 4.79 Å². The van der Waals surface area contributed by atoms with Gasteiger partial charge in [-0.2, -0.15) is 0 Å². The first-order valence-corrected chi connectivity index (χ1v) is 9.82. The Morgan fingerprint density at radius 3 is 2.39 bits per heavy atom. The van der Waals surface area contributed by atoms with Crippen LogP contribution in [0.2, 0.25) is 5.02 Å². The summed E-state index contributed by atoms with van der Waals surface area (Å²) in [6.07, 6.45) is 1.06. The predicted molar refractivity (Wildman–Crippen MR) is 110 cm³/mol. The molecule has 1 N–H and O–H groups in total. The number of nitro groups is 1. The fraction of sp³-hybridized carbons (Fsp3) is 0.263. The van der Waals surface area contributed by atoms with Crippen LogP contribution in [0.25, 0.3) is 0 Å². The lowest BCUT2D eigenvalue weighted by Gasteiger charge is -2.31. The second kappa shape index (κ2) is 8.70. The van der Waals surface area contributed by atoms with E-state index in [2.05, 4.69) is 21.2 Å². The van der Waals surface area contributed by atoms with Crippen molar-refractivity contribution in [3.8, 4) is 0 Å². The lowest BCUT2D eigenvalue weighted by atomic mass is 9.95. The first-order chi connectivity index (χ1) is 13.3. The maximum atomic E-state index is 12.5. The minimum Gasteiger partial charge on any atom is -0.339 e. The maximum absolute atomic E-state index is 12.5. The van der Waals surface area contributed by atoms with Crippen molar-refractivity contribution in [3.63, 3.8) is 0 Å². The smallest absolute Gasteiger partial charge is 0.289 e. The van der Waals surface area contributed by atoms with Gasteiger partial charge in [-0.15, -0.1) is 0 Å². The molecule has 1 aliphatic rings. The topological polar surface area (TPSA) is 92.5 Å². The van der Waals surface area contributed by atoms with Crippen molar-refractivity contribution in [1.29, 1.82) is 0 Å². The molecular formula is C19H17BrClN3O4. The van der Waals surface area contributed by atoms with Gasteiger partial charge >= 0.3 is 0 Å². The number of rotatable bonds is 4. The first kappa shape index (κ1) is 20.3. The van der Waals surface area contributed by atoms with Crippen molar-refractivity contribution in [2.75, 3.05) is 18.4 Å². The van der Waals surface area contributed by atoms with Crippen molar-refractivity contribution < 1.29 is 14.5 Å². The van der Waals surface area contributed by atoms with E-state index >= 15 is 0 Å². The van der Waals surface area contributed by atoms with E-state index in [1.807, 2.05) is 12.1 Å². The molecule has 2 amide bonds. The van der Waals surface area contributed by atoms with E-state index in [-0.39, 0.29) is 28.4 Å². The zero-order valence-corrected chi connectivity index (χ0v) is 17.1. The van der Waals surface area contributed by atoms with Gasteiger partial charge in [-0.3, -0.25) is 19.7 Å². The Bertz CT molecular complexity index is 912. The van der Waals surface area contributed by atoms with Crippen LogP contribution in [0, 0.1) is 16.0 Å². The molecule has 0 aromatic heterocycles. The molecule has 1 saturated heterocycles. The SMILES string of the molecule is O=C(Nc1ccc(Cl)c([N+](=O)[O-])c1)C1CCN(C(=O)c2ccc(Br)cc2)CC1. The van der Waals surface area contributed by atoms with Crippen LogP contribution >= 0.6 is 27.5 Å². The molecule has 7 nitrogen and oxygen atoms in total. The average molecular weight is 467 g/mol. The molecule has 2 aromatic rings. The standard InChI is InChI=1S/C19H17BrClN3O4/c20-14-3-1-13(2-4-14)19(26)23-9-7-12(8-10-23)18(25)22-15-5-6-16(21)17(11-15)24(27)28/h1-6,11-12H,7-10H2,(H,22,25). The third-order valence-electron chi connectivity index (χ3n) is 4.65. The number of hydrogen-bond acceptors (Lipinski definition) is 4. The Kier molecular flexibility index (Phi) is 6.31. The van der Waals surface area contributed by atoms with Gasteiger partial charge in [0.05, 0.1) is 4.92 Å². The Balaban J connectivity index is 1.58. The lowest BCUT2D eigenvalue weighted by Crippen LogP contribution is -2.41. The van der Waals surface area contributed by atoms with Crippen molar-refractivity contribution in [2.45, 2.75) is 12.8 Å². The van der Waals surface area contributed by atoms with Crippen LogP contribution in [0.15, 0.2) is 46.9 Å². The van der Waals surface area contributed by atoms with Gasteiger partial charge in [0.1, 0.15) is 5.02 Å². The van der Waals surface area contributed by atoms with Crippen LogP contribution in [0.4, 0.5) is 11.4 Å². The highest BCUT2D eigenvalue weighted by Crippen LogP contribution is 2.28. The third kappa shape index (κ3) is 4.69. The van der Waals surface area contributed by atoms with Crippen molar-refractivity contribution in [2.24, 2.45) is 5.92 Å². The van der Waals surface area contributed by atoms with Crippen LogP contribution in [-0.4, -0.2) is 34.7 Å². The summed E-state index contributed by atoms with van der Waals surface area (Å²) in [6, 6.07) is 11.3. The number of hydrogen-bond donors (Lipinski definition) is 1. The monoisotopic (exact) mass is 465 g/mol. The number of piperidine rings is 1. The van der Waals surface area contributed by atoms with E-state index in [1.165, 1.54) is 18.2 Å². The number of nitro benzene ring substituents is 1. The second-order valence-electron chi connectivity index (χ2n) is 6.49. The normalized spacial score (nSPS) is 14.6. The molecule has 0 saturated carbocycles. The number of anilines is 1. The van der Waals surface area contributed by atoms with Crippen molar-refractivity contribution >= 4 is 50.7 Å². The molecule has 1 aliphatic heterocycles. The highest BCUT2D eigenvalue weighted by Gasteiger charge is 2.28. The summed E-state index contributed by atoms with van der Waals surface area (Å²) >= 11 is 9.13. The van der Waals surface area contributed by atoms with Crippen molar-refractivity contribution in [3.05, 3.63) is 67.6 Å². The van der Waals surface area contributed by atoms with Crippen molar-refractivity contribution in [1.82, 2.24) is 4.90 Å². The third-order valence-corrected chi connectivity index (χ3v) is 5.50. The molecule has 9 heteroatoms. The zero-order valence-electron chi connectivity index (χ0n) is 14.7. The van der Waals surface area contributed by atoms with Crippen LogP contribution < -0.4 is 5.32 Å². The average Bonchev–Trinajstić information content (AvgIpc) is 2.69. The van der Waals surface area contributed by atoms with E-state index in [9.17, 15) is 19.7 Å². The summed E-state index contributed by atoms with van der Waals surface area (Å²) in [5.74, 6) is -0.532. The zero-order chi connectivity index (χ0) is 20.3. The molecule has 1 fully saturated rings. The minimum atomic E-state index is -0.593. The van der Waals surface area contributed by atoms with Crippen LogP contribution in [0.1, 0.15) is 23.2 Å². The largest absolute Gasteiger partial charge is 0.339 e. The molecule has 28 heavy (non-hydrogen) atoms. The van der Waals surface area contributed by atoms with E-state index in [4.69, 9.17) is 11.6 Å². The second-order valence-corrected chi connectivity index (χ2v) is 7.81. The Morgan fingerprint density at radius 2 is 1.79 bits per heavy atom. The summed E-state index contributed by atoms with van der Waals surface area (Å²) in [4.78, 5) is 37.1. The fourth-order valence-corrected chi connectivity index (χ4v) is 3.55. The lowest BCUT2D eigenvalue weighted by molar-refractivity contribution is -0.384. The number of nitrogens with one attached hydrogen (secondary N) is 1. The first-order valence-electron chi connectivity index (χ1n) is 8.65. The summed E-state index contributed by atoms with van der Waals surface area (Å²) in [5, 5.41) is 13.7. The van der Waals surface area contributed by atoms with E-state index in [0.29, 0.717) is 37.2 Å². The number of amides is 2. The summed E-state index contributed by atoms with van der Waals surface area (Å²) in [5.41, 5.74) is 0.684. The highest BCUT2D eigenvalue weighted by molar-refractivity contribution is 9.10. The molecule has 3 rings (SSSR count). The number of likely N-dealkylation sites (tertiary alicyclic amines) is 1. The van der Waals surface area contributed by atoms with Gasteiger partial charge in [0.15, 0.2) is 0 Å². The number of carbonyl (C=O) groups is 2. The summed E-state index contributed by atoms with van der Waals surface area (Å²) < 4.78 is 0.905. The van der Waals surface area contributed by atoms with E-state index in [0.717, 1.165) is 4.47 Å². The van der Waals surface area contributed by atoms with Gasteiger partial charge in [-0.05, 0) is 49.2 Å². The summed E-state index contributed by atoms with van der Waals surface area (Å²) in [6.45, 7) is 0.960. The van der Waals surface area contributed by atoms with Gasteiger partial charge in [-0.1, -0.05) is 27.5 Å². The van der Waals surface area contributed by atoms with Crippen LogP contribution in [0.3, 0.4) is 0 Å². The minimum absolute atomic E-state index is 0.0164. The number of halogens is 2. The number of benzene rings is 2. The van der Waals surface area contributed by atoms with Gasteiger partial charge in [-0.25, -0.2) is 0 Å². The fourth-order valence-electron chi connectivity index (χ4n) is 3.09.